The summed E-state index contributed by atoms with van der Waals surface area (Å²) in [4.78, 5) is 14.4. The monoisotopic (exact) mass is 684 g/mol. The van der Waals surface area contributed by atoms with Gasteiger partial charge in [0.25, 0.3) is 0 Å². The van der Waals surface area contributed by atoms with Crippen molar-refractivity contribution < 1.29 is 28.7 Å². The van der Waals surface area contributed by atoms with Crippen LogP contribution >= 0.6 is 0 Å². The van der Waals surface area contributed by atoms with Gasteiger partial charge in [0.1, 0.15) is 23.3 Å². The van der Waals surface area contributed by atoms with Gasteiger partial charge in [0, 0.05) is 36.2 Å². The van der Waals surface area contributed by atoms with E-state index in [9.17, 15) is 14.1 Å². The van der Waals surface area contributed by atoms with Crippen LogP contribution in [-0.2, 0) is 40.1 Å². The van der Waals surface area contributed by atoms with Crippen molar-refractivity contribution in [2.75, 3.05) is 41.8 Å². The average molecular weight is 685 g/mol. The molecule has 6 rings (SSSR count). The molecule has 0 aromatic heterocycles. The highest BCUT2D eigenvalue weighted by Gasteiger charge is 2.32. The zero-order chi connectivity index (χ0) is 35.5. The Kier molecular flexibility index (Phi) is 11.2. The third-order valence-electron chi connectivity index (χ3n) is 8.72. The molecule has 2 N–H and O–H groups in total. The van der Waals surface area contributed by atoms with Crippen molar-refractivity contribution in [3.63, 3.8) is 0 Å². The Bertz CT molecular complexity index is 1840. The second kappa shape index (κ2) is 15.2. The first kappa shape index (κ1) is 36.1. The van der Waals surface area contributed by atoms with Gasteiger partial charge in [-0.15, -0.1) is 0 Å². The Morgan fingerprint density at radius 2 is 1.59 bits per heavy atom. The van der Waals surface area contributed by atoms with Crippen molar-refractivity contribution in [3.05, 3.63) is 100 Å². The van der Waals surface area contributed by atoms with E-state index in [0.717, 1.165) is 93.4 Å². The minimum absolute atomic E-state index is 0.112. The number of aliphatic carboxylic acids is 1. The van der Waals surface area contributed by atoms with Gasteiger partial charge in [-0.25, -0.2) is 4.21 Å². The lowest BCUT2D eigenvalue weighted by molar-refractivity contribution is -0.136. The Labute approximate surface area is 292 Å². The van der Waals surface area contributed by atoms with Crippen molar-refractivity contribution in [3.8, 4) is 28.0 Å². The maximum absolute atomic E-state index is 13.2. The molecule has 1 fully saturated rings. The van der Waals surface area contributed by atoms with Crippen LogP contribution in [0.25, 0.3) is 22.3 Å². The van der Waals surface area contributed by atoms with E-state index in [0.29, 0.717) is 13.2 Å². The lowest BCUT2D eigenvalue weighted by Gasteiger charge is -2.35. The van der Waals surface area contributed by atoms with Crippen LogP contribution in [0.4, 0.5) is 11.4 Å². The molecular formula is C40H48N2O6S. The molecule has 49 heavy (non-hydrogen) atoms. The molecule has 2 aliphatic rings. The van der Waals surface area contributed by atoms with Gasteiger partial charge in [-0.2, -0.15) is 0 Å². The molecule has 0 bridgehead atoms. The molecular weight excluding hydrogens is 637 g/mol. The summed E-state index contributed by atoms with van der Waals surface area (Å²) in [7, 11) is -1.33. The van der Waals surface area contributed by atoms with Crippen molar-refractivity contribution in [2.45, 2.75) is 66.7 Å². The van der Waals surface area contributed by atoms with Gasteiger partial charge in [-0.05, 0) is 98.7 Å². The van der Waals surface area contributed by atoms with Gasteiger partial charge in [0.05, 0.1) is 37.5 Å². The fourth-order valence-corrected chi connectivity index (χ4v) is 7.37. The number of carboxylic acid groups (broad SMARTS) is 1. The zero-order valence-electron chi connectivity index (χ0n) is 29.6. The summed E-state index contributed by atoms with van der Waals surface area (Å²) in [6.45, 7) is 15.3. The number of anilines is 2. The highest BCUT2D eigenvalue weighted by atomic mass is 32.2. The van der Waals surface area contributed by atoms with Crippen molar-refractivity contribution >= 4 is 28.3 Å². The molecule has 1 atom stereocenters. The van der Waals surface area contributed by atoms with E-state index in [1.165, 1.54) is 5.69 Å². The van der Waals surface area contributed by atoms with E-state index < -0.39 is 22.6 Å². The average Bonchev–Trinajstić information content (AvgIpc) is 3.05. The molecule has 0 aliphatic carbocycles. The second-order valence-electron chi connectivity index (χ2n) is 13.7. The van der Waals surface area contributed by atoms with Crippen LogP contribution < -0.4 is 13.9 Å². The first-order chi connectivity index (χ1) is 23.2. The summed E-state index contributed by atoms with van der Waals surface area (Å²) in [6.07, 6.45) is 1.57. The highest BCUT2D eigenvalue weighted by Crippen LogP contribution is 2.49. The molecule has 2 heterocycles. The van der Waals surface area contributed by atoms with Crippen LogP contribution in [0, 0.1) is 20.8 Å². The topological polar surface area (TPSA) is 99.5 Å². The molecule has 260 valence electrons. The summed E-state index contributed by atoms with van der Waals surface area (Å²) in [5.74, 6) is -0.139. The fourth-order valence-electron chi connectivity index (χ4n) is 6.57. The molecule has 1 unspecified atom stereocenters. The fraction of sp³-hybridized carbons (Fsp3) is 0.375. The summed E-state index contributed by atoms with van der Waals surface area (Å²) in [5, 5.41) is 18.4. The number of benzene rings is 4. The molecule has 0 amide bonds. The molecule has 0 radical (unpaired) electrons. The van der Waals surface area contributed by atoms with Crippen molar-refractivity contribution in [2.24, 2.45) is 0 Å². The molecule has 0 saturated carbocycles. The van der Waals surface area contributed by atoms with E-state index in [2.05, 4.69) is 66.4 Å². The van der Waals surface area contributed by atoms with Gasteiger partial charge in [0.15, 0.2) is 0 Å². The van der Waals surface area contributed by atoms with Crippen LogP contribution in [0.1, 0.15) is 54.2 Å². The quantitative estimate of drug-likeness (QED) is 0.200. The SMILES string of the molecule is CC(C)(C)O.Cc1ccc(-c2c(C)c3c(c(C)c2CC(=O)O)N(S(C)=O)Cc2cc(OCc4ccccc4N4CCOCC4)ccc2-3)cc1. The normalized spacial score (nSPS) is 14.7. The second-order valence-corrected chi connectivity index (χ2v) is 15.0. The first-order valence-electron chi connectivity index (χ1n) is 16.7. The number of nitrogens with zero attached hydrogens (tertiary/aromatic N) is 2. The number of ether oxygens (including phenoxy) is 2. The van der Waals surface area contributed by atoms with Crippen LogP contribution in [0.15, 0.2) is 66.7 Å². The molecule has 8 nitrogen and oxygen atoms in total. The predicted molar refractivity (Wildman–Crippen MR) is 199 cm³/mol. The van der Waals surface area contributed by atoms with Crippen LogP contribution in [0.2, 0.25) is 0 Å². The van der Waals surface area contributed by atoms with E-state index in [-0.39, 0.29) is 6.42 Å². The Balaban J connectivity index is 0.000000874. The van der Waals surface area contributed by atoms with Gasteiger partial charge in [-0.1, -0.05) is 54.1 Å². The highest BCUT2D eigenvalue weighted by molar-refractivity contribution is 7.85. The Hall–Kier alpha value is -4.18. The summed E-state index contributed by atoms with van der Waals surface area (Å²) >= 11 is 0. The van der Waals surface area contributed by atoms with E-state index in [4.69, 9.17) is 14.6 Å². The maximum atomic E-state index is 13.2. The molecule has 1 saturated heterocycles. The molecule has 2 aliphatic heterocycles. The first-order valence-corrected chi connectivity index (χ1v) is 18.2. The number of carbonyl (C=O) groups is 1. The van der Waals surface area contributed by atoms with Crippen LogP contribution in [-0.4, -0.2) is 58.6 Å². The molecule has 4 aromatic rings. The molecule has 4 aromatic carbocycles. The maximum Gasteiger partial charge on any atom is 0.307 e. The van der Waals surface area contributed by atoms with Gasteiger partial charge >= 0.3 is 5.97 Å². The van der Waals surface area contributed by atoms with Crippen molar-refractivity contribution in [1.29, 1.82) is 0 Å². The number of morpholine rings is 1. The number of rotatable bonds is 8. The number of carboxylic acids is 1. The number of para-hydroxylation sites is 1. The molecule has 9 heteroatoms. The number of fused-ring (bicyclic) bond motifs is 3. The minimum Gasteiger partial charge on any atom is -0.489 e. The number of aliphatic hydroxyl groups is 1. The summed E-state index contributed by atoms with van der Waals surface area (Å²) in [5.41, 5.74) is 11.3. The third kappa shape index (κ3) is 8.52. The number of aryl methyl sites for hydroxylation is 1. The van der Waals surface area contributed by atoms with E-state index >= 15 is 0 Å². The Morgan fingerprint density at radius 3 is 2.22 bits per heavy atom. The lowest BCUT2D eigenvalue weighted by Crippen LogP contribution is -2.36. The van der Waals surface area contributed by atoms with Crippen molar-refractivity contribution in [1.82, 2.24) is 0 Å². The number of hydrogen-bond donors (Lipinski definition) is 2. The van der Waals surface area contributed by atoms with Crippen LogP contribution in [0.3, 0.4) is 0 Å². The lowest BCUT2D eigenvalue weighted by atomic mass is 9.81. The smallest absolute Gasteiger partial charge is 0.307 e. The number of hydrogen-bond acceptors (Lipinski definition) is 6. The van der Waals surface area contributed by atoms with Gasteiger partial charge < -0.3 is 24.6 Å². The third-order valence-corrected chi connectivity index (χ3v) is 9.65. The minimum atomic E-state index is -1.33. The summed E-state index contributed by atoms with van der Waals surface area (Å²) < 4.78 is 27.0. The standard InChI is InChI=1S/C36H38N2O5S.C4H10O/c1-23-9-11-26(12-10-23)34-25(3)35-30-14-13-29(43-22-27-7-5-6-8-32(27)37-15-17-42-18-16-37)19-28(30)21-38(44(4)41)36(35)24(2)31(34)20-33(39)40;1-4(2,3)5/h5-14,19H,15-18,20-22H2,1-4H3,(H,39,40);5H,1-3H3. The van der Waals surface area contributed by atoms with Gasteiger partial charge in [-0.3, -0.25) is 9.10 Å². The van der Waals surface area contributed by atoms with E-state index in [1.54, 1.807) is 27.0 Å². The zero-order valence-corrected chi connectivity index (χ0v) is 30.4. The van der Waals surface area contributed by atoms with E-state index in [1.807, 2.05) is 30.3 Å². The summed E-state index contributed by atoms with van der Waals surface area (Å²) in [6, 6.07) is 22.7. The molecule has 0 spiro atoms. The van der Waals surface area contributed by atoms with Crippen LogP contribution in [0.5, 0.6) is 5.75 Å². The van der Waals surface area contributed by atoms with Gasteiger partial charge in [0.2, 0.25) is 0 Å². The largest absolute Gasteiger partial charge is 0.489 e. The predicted octanol–water partition coefficient (Wildman–Crippen LogP) is 7.38. The Morgan fingerprint density at radius 1 is 0.939 bits per heavy atom.